The average molecular weight is 467 g/mol. The van der Waals surface area contributed by atoms with E-state index in [2.05, 4.69) is 25.6 Å². The minimum Gasteiger partial charge on any atom is -0.346 e. The smallest absolute Gasteiger partial charge is 0.274 e. The largest absolute Gasteiger partial charge is 0.346 e. The molecule has 7 nitrogen and oxygen atoms in total. The van der Waals surface area contributed by atoms with Gasteiger partial charge in [0.2, 0.25) is 0 Å². The van der Waals surface area contributed by atoms with Crippen LogP contribution in [0.4, 0.5) is 8.78 Å². The van der Waals surface area contributed by atoms with Gasteiger partial charge in [0.25, 0.3) is 5.91 Å². The van der Waals surface area contributed by atoms with Crippen LogP contribution in [0.3, 0.4) is 0 Å². The quantitative estimate of drug-likeness (QED) is 0.325. The highest BCUT2D eigenvalue weighted by Gasteiger charge is 2.22. The first-order valence-corrected chi connectivity index (χ1v) is 11.1. The van der Waals surface area contributed by atoms with Crippen LogP contribution in [-0.4, -0.2) is 30.9 Å². The maximum absolute atomic E-state index is 13.9. The van der Waals surface area contributed by atoms with E-state index in [4.69, 9.17) is 0 Å². The van der Waals surface area contributed by atoms with Crippen molar-refractivity contribution in [2.24, 2.45) is 0 Å². The van der Waals surface area contributed by atoms with Gasteiger partial charge in [0.05, 0.1) is 11.4 Å². The van der Waals surface area contributed by atoms with E-state index < -0.39 is 17.5 Å². The summed E-state index contributed by atoms with van der Waals surface area (Å²) in [6.45, 7) is 3.45. The molecule has 0 aliphatic carbocycles. The van der Waals surface area contributed by atoms with Crippen LogP contribution < -0.4 is 5.32 Å². The SMILES string of the molecule is Cc1cc(C)nc(SCc2c(C(=O)NCc3c(F)cccc3F)nnn2-c2ccccc2)n1. The van der Waals surface area contributed by atoms with Crippen molar-refractivity contribution in [3.05, 3.63) is 94.6 Å². The summed E-state index contributed by atoms with van der Waals surface area (Å²) in [5, 5.41) is 11.3. The monoisotopic (exact) mass is 466 g/mol. The molecule has 1 N–H and O–H groups in total. The standard InChI is InChI=1S/C23H20F2N6OS/c1-14-11-15(2)28-23(27-14)33-13-20-21(29-30-31(20)16-7-4-3-5-8-16)22(32)26-12-17-18(24)9-6-10-19(17)25/h3-11H,12-13H2,1-2H3,(H,26,32). The van der Waals surface area contributed by atoms with E-state index >= 15 is 0 Å². The van der Waals surface area contributed by atoms with E-state index in [0.717, 1.165) is 29.2 Å². The number of rotatable bonds is 7. The zero-order valence-corrected chi connectivity index (χ0v) is 18.7. The van der Waals surface area contributed by atoms with Gasteiger partial charge in [-0.15, -0.1) is 5.10 Å². The summed E-state index contributed by atoms with van der Waals surface area (Å²) in [4.78, 5) is 21.8. The number of benzene rings is 2. The van der Waals surface area contributed by atoms with Crippen molar-refractivity contribution < 1.29 is 13.6 Å². The van der Waals surface area contributed by atoms with E-state index in [9.17, 15) is 13.6 Å². The van der Waals surface area contributed by atoms with Gasteiger partial charge in [0.15, 0.2) is 10.9 Å². The number of nitrogens with zero attached hydrogens (tertiary/aromatic N) is 5. The molecule has 168 valence electrons. The molecule has 0 radical (unpaired) electrons. The molecule has 2 heterocycles. The molecule has 0 fully saturated rings. The lowest BCUT2D eigenvalue weighted by molar-refractivity contribution is 0.0944. The van der Waals surface area contributed by atoms with Crippen LogP contribution in [0.1, 0.15) is 33.1 Å². The summed E-state index contributed by atoms with van der Waals surface area (Å²) < 4.78 is 29.4. The van der Waals surface area contributed by atoms with Crippen molar-refractivity contribution in [3.63, 3.8) is 0 Å². The van der Waals surface area contributed by atoms with Gasteiger partial charge < -0.3 is 5.32 Å². The molecule has 0 aliphatic heterocycles. The van der Waals surface area contributed by atoms with Gasteiger partial charge in [-0.1, -0.05) is 41.2 Å². The second-order valence-corrected chi connectivity index (χ2v) is 8.18. The van der Waals surface area contributed by atoms with Crippen molar-refractivity contribution in [1.29, 1.82) is 0 Å². The second kappa shape index (κ2) is 9.86. The van der Waals surface area contributed by atoms with Gasteiger partial charge in [-0.2, -0.15) is 0 Å². The first-order chi connectivity index (χ1) is 15.9. The van der Waals surface area contributed by atoms with Crippen LogP contribution in [0.5, 0.6) is 0 Å². The predicted molar refractivity (Wildman–Crippen MR) is 120 cm³/mol. The molecule has 2 aromatic heterocycles. The Morgan fingerprint density at radius 2 is 1.67 bits per heavy atom. The molecule has 0 saturated carbocycles. The highest BCUT2D eigenvalue weighted by molar-refractivity contribution is 7.98. The number of hydrogen-bond acceptors (Lipinski definition) is 6. The molecule has 2 aromatic carbocycles. The second-order valence-electron chi connectivity index (χ2n) is 7.24. The number of hydrogen-bond donors (Lipinski definition) is 1. The Balaban J connectivity index is 1.61. The predicted octanol–water partition coefficient (Wildman–Crippen LogP) is 4.17. The maximum atomic E-state index is 13.9. The van der Waals surface area contributed by atoms with E-state index in [0.29, 0.717) is 16.6 Å². The number of carbonyl (C=O) groups is 1. The molecule has 0 bridgehead atoms. The first-order valence-electron chi connectivity index (χ1n) is 10.1. The summed E-state index contributed by atoms with van der Waals surface area (Å²) >= 11 is 1.34. The van der Waals surface area contributed by atoms with Crippen molar-refractivity contribution >= 4 is 17.7 Å². The number of aromatic nitrogens is 5. The topological polar surface area (TPSA) is 85.6 Å². The number of aryl methyl sites for hydroxylation is 2. The zero-order valence-electron chi connectivity index (χ0n) is 17.9. The Hall–Kier alpha value is -3.66. The van der Waals surface area contributed by atoms with Crippen molar-refractivity contribution in [1.82, 2.24) is 30.3 Å². The third-order valence-electron chi connectivity index (χ3n) is 4.77. The highest BCUT2D eigenvalue weighted by atomic mass is 32.2. The summed E-state index contributed by atoms with van der Waals surface area (Å²) in [6.07, 6.45) is 0. The normalized spacial score (nSPS) is 10.9. The Bertz CT molecular complexity index is 1260. The maximum Gasteiger partial charge on any atom is 0.274 e. The molecule has 0 spiro atoms. The molecule has 0 saturated heterocycles. The molecular weight excluding hydrogens is 446 g/mol. The third-order valence-corrected chi connectivity index (χ3v) is 5.62. The van der Waals surface area contributed by atoms with Gasteiger partial charge >= 0.3 is 0 Å². The number of amides is 1. The minimum absolute atomic E-state index is 0.0625. The molecule has 10 heteroatoms. The first kappa shape index (κ1) is 22.5. The highest BCUT2D eigenvalue weighted by Crippen LogP contribution is 2.24. The van der Waals surface area contributed by atoms with Crippen molar-refractivity contribution in [2.75, 3.05) is 0 Å². The van der Waals surface area contributed by atoms with Crippen molar-refractivity contribution in [2.45, 2.75) is 31.3 Å². The van der Waals surface area contributed by atoms with E-state index in [1.165, 1.54) is 17.8 Å². The number of para-hydroxylation sites is 1. The number of carbonyl (C=O) groups excluding carboxylic acids is 1. The third kappa shape index (κ3) is 5.23. The number of thioether (sulfide) groups is 1. The molecule has 0 unspecified atom stereocenters. The lowest BCUT2D eigenvalue weighted by Gasteiger charge is -2.09. The van der Waals surface area contributed by atoms with Crippen LogP contribution in [0.2, 0.25) is 0 Å². The molecular formula is C23H20F2N6OS. The average Bonchev–Trinajstić information content (AvgIpc) is 3.21. The fourth-order valence-corrected chi connectivity index (χ4v) is 4.17. The fraction of sp³-hybridized carbons (Fsp3) is 0.174. The molecule has 4 rings (SSSR count). The van der Waals surface area contributed by atoms with Gasteiger partial charge in [-0.05, 0) is 44.2 Å². The van der Waals surface area contributed by atoms with Crippen LogP contribution >= 0.6 is 11.8 Å². The van der Waals surface area contributed by atoms with Crippen LogP contribution in [0, 0.1) is 25.5 Å². The van der Waals surface area contributed by atoms with Gasteiger partial charge in [0.1, 0.15) is 11.6 Å². The Kier molecular flexibility index (Phi) is 6.74. The minimum atomic E-state index is -0.731. The molecule has 0 aliphatic rings. The molecule has 1 amide bonds. The summed E-state index contributed by atoms with van der Waals surface area (Å²) in [5.74, 6) is -1.74. The van der Waals surface area contributed by atoms with Gasteiger partial charge in [-0.25, -0.2) is 23.4 Å². The Morgan fingerprint density at radius 3 is 2.33 bits per heavy atom. The van der Waals surface area contributed by atoms with Gasteiger partial charge in [-0.3, -0.25) is 4.79 Å². The molecule has 33 heavy (non-hydrogen) atoms. The van der Waals surface area contributed by atoms with Crippen LogP contribution in [0.25, 0.3) is 5.69 Å². The van der Waals surface area contributed by atoms with Gasteiger partial charge in [0, 0.05) is 29.2 Å². The summed E-state index contributed by atoms with van der Waals surface area (Å²) in [5.41, 5.74) is 2.75. The summed E-state index contributed by atoms with van der Waals surface area (Å²) in [7, 11) is 0. The Morgan fingerprint density at radius 1 is 1.00 bits per heavy atom. The van der Waals surface area contributed by atoms with E-state index in [-0.39, 0.29) is 17.8 Å². The zero-order chi connectivity index (χ0) is 23.4. The molecule has 4 aromatic rings. The Labute approximate surface area is 193 Å². The number of nitrogens with one attached hydrogen (secondary N) is 1. The fourth-order valence-electron chi connectivity index (χ4n) is 3.23. The van der Waals surface area contributed by atoms with Crippen LogP contribution in [-0.2, 0) is 12.3 Å². The lowest BCUT2D eigenvalue weighted by atomic mass is 10.2. The van der Waals surface area contributed by atoms with Crippen molar-refractivity contribution in [3.8, 4) is 5.69 Å². The number of halogens is 2. The lowest BCUT2D eigenvalue weighted by Crippen LogP contribution is -2.25. The van der Waals surface area contributed by atoms with E-state index in [1.54, 1.807) is 4.68 Å². The van der Waals surface area contributed by atoms with E-state index in [1.807, 2.05) is 50.2 Å². The van der Waals surface area contributed by atoms with Crippen LogP contribution in [0.15, 0.2) is 59.8 Å². The molecule has 0 atom stereocenters. The summed E-state index contributed by atoms with van der Waals surface area (Å²) in [6, 6.07) is 14.7.